The zero-order valence-electron chi connectivity index (χ0n) is 17.4. The highest BCUT2D eigenvalue weighted by Gasteiger charge is 2.37. The number of primary amides is 1. The molecular weight excluding hydrogens is 398 g/mol. The van der Waals surface area contributed by atoms with Gasteiger partial charge in [0.25, 0.3) is 5.91 Å². The van der Waals surface area contributed by atoms with Crippen molar-refractivity contribution in [1.29, 1.82) is 0 Å². The van der Waals surface area contributed by atoms with Crippen LogP contribution in [-0.4, -0.2) is 34.5 Å². The number of carbonyl (C=O) groups excluding carboxylic acids is 2. The highest BCUT2D eigenvalue weighted by Crippen LogP contribution is 2.42. The van der Waals surface area contributed by atoms with Crippen molar-refractivity contribution in [3.05, 3.63) is 47.0 Å². The van der Waals surface area contributed by atoms with Gasteiger partial charge in [-0.2, -0.15) is 0 Å². The average Bonchev–Trinajstić information content (AvgIpc) is 3.35. The van der Waals surface area contributed by atoms with Crippen LogP contribution in [0.2, 0.25) is 0 Å². The van der Waals surface area contributed by atoms with Crippen LogP contribution in [0.3, 0.4) is 0 Å². The third-order valence-electron chi connectivity index (χ3n) is 6.17. The number of carboxylic acid groups (broad SMARTS) is 1. The van der Waals surface area contributed by atoms with E-state index in [-0.39, 0.29) is 17.4 Å². The third kappa shape index (κ3) is 3.58. The molecule has 0 bridgehead atoms. The second-order valence-corrected chi connectivity index (χ2v) is 10.0. The van der Waals surface area contributed by atoms with Crippen molar-refractivity contribution in [1.82, 2.24) is 9.88 Å². The minimum absolute atomic E-state index is 0.137. The van der Waals surface area contributed by atoms with E-state index in [4.69, 9.17) is 5.73 Å². The summed E-state index contributed by atoms with van der Waals surface area (Å²) in [6.45, 7) is 6.62. The Hall–Kier alpha value is -2.80. The summed E-state index contributed by atoms with van der Waals surface area (Å²) in [4.78, 5) is 29.6. The summed E-state index contributed by atoms with van der Waals surface area (Å²) in [6.07, 6.45) is 2.26. The van der Waals surface area contributed by atoms with E-state index in [0.717, 1.165) is 26.9 Å². The molecule has 2 amide bonds. The summed E-state index contributed by atoms with van der Waals surface area (Å²) < 4.78 is 0. The van der Waals surface area contributed by atoms with Crippen LogP contribution in [0.5, 0.6) is 0 Å². The number of aromatic amines is 1. The Morgan fingerprint density at radius 1 is 1.30 bits per heavy atom. The van der Waals surface area contributed by atoms with E-state index in [0.29, 0.717) is 24.9 Å². The SMILES string of the molecule is CC(C)(C)C1CC(c2c[nH]c3c(C(N)=O)cc(-c4cccs4)cc23)CCN1C(=O)[O-]. The summed E-state index contributed by atoms with van der Waals surface area (Å²) >= 11 is 1.62. The van der Waals surface area contributed by atoms with E-state index in [1.165, 1.54) is 4.90 Å². The number of carbonyl (C=O) groups is 2. The number of fused-ring (bicyclic) bond motifs is 1. The van der Waals surface area contributed by atoms with Crippen molar-refractivity contribution >= 4 is 34.2 Å². The van der Waals surface area contributed by atoms with Gasteiger partial charge in [-0.3, -0.25) is 4.79 Å². The molecule has 0 spiro atoms. The number of amides is 2. The summed E-state index contributed by atoms with van der Waals surface area (Å²) in [5.74, 6) is -0.288. The van der Waals surface area contributed by atoms with Crippen LogP contribution in [0.15, 0.2) is 35.8 Å². The molecule has 2 aromatic heterocycles. The molecule has 2 atom stereocenters. The van der Waals surface area contributed by atoms with Crippen molar-refractivity contribution < 1.29 is 14.7 Å². The third-order valence-corrected chi connectivity index (χ3v) is 7.09. The van der Waals surface area contributed by atoms with E-state index in [9.17, 15) is 14.7 Å². The number of thiophene rings is 1. The van der Waals surface area contributed by atoms with Gasteiger partial charge in [-0.1, -0.05) is 26.8 Å². The zero-order chi connectivity index (χ0) is 21.6. The van der Waals surface area contributed by atoms with Crippen LogP contribution in [0, 0.1) is 5.41 Å². The molecule has 7 heteroatoms. The maximum absolute atomic E-state index is 12.2. The topological polar surface area (TPSA) is 102 Å². The van der Waals surface area contributed by atoms with Crippen molar-refractivity contribution in [2.24, 2.45) is 11.1 Å². The van der Waals surface area contributed by atoms with Gasteiger partial charge in [-0.05, 0) is 58.9 Å². The number of piperidine rings is 1. The molecule has 1 aliphatic rings. The number of rotatable bonds is 3. The first kappa shape index (κ1) is 20.5. The molecule has 0 radical (unpaired) electrons. The molecular formula is C23H26N3O3S-. The lowest BCUT2D eigenvalue weighted by Gasteiger charge is -2.47. The molecule has 3 N–H and O–H groups in total. The zero-order valence-corrected chi connectivity index (χ0v) is 18.2. The lowest BCUT2D eigenvalue weighted by atomic mass is 9.75. The molecule has 1 aliphatic heterocycles. The number of nitrogens with two attached hydrogens (primary N) is 1. The van der Waals surface area contributed by atoms with Gasteiger partial charge in [0, 0.05) is 29.0 Å². The maximum atomic E-state index is 12.2. The van der Waals surface area contributed by atoms with Gasteiger partial charge < -0.3 is 25.5 Å². The largest absolute Gasteiger partial charge is 0.530 e. The van der Waals surface area contributed by atoms with Crippen LogP contribution < -0.4 is 10.8 Å². The molecule has 3 aromatic rings. The van der Waals surface area contributed by atoms with E-state index in [1.54, 1.807) is 11.3 Å². The summed E-state index contributed by atoms with van der Waals surface area (Å²) in [6, 6.07) is 7.82. The summed E-state index contributed by atoms with van der Waals surface area (Å²) in [5.41, 5.74) is 8.77. The van der Waals surface area contributed by atoms with Crippen molar-refractivity contribution in [3.8, 4) is 10.4 Å². The predicted molar refractivity (Wildman–Crippen MR) is 117 cm³/mol. The maximum Gasteiger partial charge on any atom is 0.250 e. The smallest absolute Gasteiger partial charge is 0.250 e. The number of H-pyrrole nitrogens is 1. The fourth-order valence-corrected chi connectivity index (χ4v) is 5.37. The number of nitrogens with one attached hydrogen (secondary N) is 1. The van der Waals surface area contributed by atoms with E-state index in [2.05, 4.69) is 31.8 Å². The highest BCUT2D eigenvalue weighted by atomic mass is 32.1. The molecule has 0 saturated carbocycles. The molecule has 2 unspecified atom stereocenters. The Bertz CT molecular complexity index is 1100. The molecule has 6 nitrogen and oxygen atoms in total. The van der Waals surface area contributed by atoms with Crippen molar-refractivity contribution in [3.63, 3.8) is 0 Å². The Morgan fingerprint density at radius 2 is 2.07 bits per heavy atom. The Balaban J connectivity index is 1.80. The number of hydrogen-bond donors (Lipinski definition) is 2. The molecule has 3 heterocycles. The van der Waals surface area contributed by atoms with Gasteiger partial charge >= 0.3 is 0 Å². The second kappa shape index (κ2) is 7.47. The number of likely N-dealkylation sites (tertiary alicyclic amines) is 1. The monoisotopic (exact) mass is 424 g/mol. The van der Waals surface area contributed by atoms with Gasteiger partial charge in [0.1, 0.15) is 6.09 Å². The summed E-state index contributed by atoms with van der Waals surface area (Å²) in [5, 5.41) is 14.7. The lowest BCUT2D eigenvalue weighted by Crippen LogP contribution is -2.55. The van der Waals surface area contributed by atoms with Crippen LogP contribution in [-0.2, 0) is 0 Å². The van der Waals surface area contributed by atoms with Gasteiger partial charge in [-0.15, -0.1) is 11.3 Å². The van der Waals surface area contributed by atoms with Gasteiger partial charge in [0.05, 0.1) is 11.1 Å². The Kier molecular flexibility index (Phi) is 5.10. The van der Waals surface area contributed by atoms with Gasteiger partial charge in [-0.25, -0.2) is 0 Å². The number of benzene rings is 1. The molecule has 1 aromatic carbocycles. The highest BCUT2D eigenvalue weighted by molar-refractivity contribution is 7.13. The minimum atomic E-state index is -1.11. The number of nitrogens with zero attached hydrogens (tertiary/aromatic N) is 1. The average molecular weight is 425 g/mol. The Morgan fingerprint density at radius 3 is 2.67 bits per heavy atom. The minimum Gasteiger partial charge on any atom is -0.530 e. The molecule has 0 aliphatic carbocycles. The predicted octanol–water partition coefficient (Wildman–Crippen LogP) is 3.93. The summed E-state index contributed by atoms with van der Waals surface area (Å²) in [7, 11) is 0. The molecule has 1 fully saturated rings. The fraction of sp³-hybridized carbons (Fsp3) is 0.391. The molecule has 158 valence electrons. The van der Waals surface area contributed by atoms with Crippen LogP contribution in [0.1, 0.15) is 55.5 Å². The van der Waals surface area contributed by atoms with Crippen molar-refractivity contribution in [2.45, 2.75) is 45.6 Å². The standard InChI is InChI=1S/C23H27N3O3S/c1-23(2,3)19-11-13(6-7-26(19)22(28)29)17-12-25-20-15(17)9-14(10-16(20)21(24)27)18-5-4-8-30-18/h4-5,8-10,12-13,19,25H,6-7,11H2,1-3H3,(H2,24,27)(H,28,29)/p-1. The first-order valence-corrected chi connectivity index (χ1v) is 11.0. The van der Waals surface area contributed by atoms with Crippen LogP contribution in [0.4, 0.5) is 4.79 Å². The van der Waals surface area contributed by atoms with Crippen LogP contribution in [0.25, 0.3) is 21.3 Å². The van der Waals surface area contributed by atoms with Gasteiger partial charge in [0.2, 0.25) is 0 Å². The van der Waals surface area contributed by atoms with E-state index < -0.39 is 12.0 Å². The van der Waals surface area contributed by atoms with E-state index in [1.807, 2.05) is 29.8 Å². The first-order chi connectivity index (χ1) is 14.2. The normalized spacial score (nSPS) is 19.9. The lowest BCUT2D eigenvalue weighted by molar-refractivity contribution is -0.271. The number of hydrogen-bond acceptors (Lipinski definition) is 4. The van der Waals surface area contributed by atoms with Crippen LogP contribution >= 0.6 is 11.3 Å². The van der Waals surface area contributed by atoms with Gasteiger partial charge in [0.15, 0.2) is 0 Å². The molecule has 30 heavy (non-hydrogen) atoms. The first-order valence-electron chi connectivity index (χ1n) is 10.1. The van der Waals surface area contributed by atoms with Crippen molar-refractivity contribution in [2.75, 3.05) is 6.54 Å². The van der Waals surface area contributed by atoms with E-state index >= 15 is 0 Å². The Labute approximate surface area is 179 Å². The molecule has 1 saturated heterocycles. The second-order valence-electron chi connectivity index (χ2n) is 9.09. The number of aromatic nitrogens is 1. The quantitative estimate of drug-likeness (QED) is 0.666. The molecule has 4 rings (SSSR count). The fourth-order valence-electron chi connectivity index (χ4n) is 4.66.